The van der Waals surface area contributed by atoms with E-state index >= 15 is 0 Å². The number of hydrogen-bond donors (Lipinski definition) is 0. The second-order valence-corrected chi connectivity index (χ2v) is 6.54. The summed E-state index contributed by atoms with van der Waals surface area (Å²) >= 11 is 0. The summed E-state index contributed by atoms with van der Waals surface area (Å²) in [6.45, 7) is 7.65. The van der Waals surface area contributed by atoms with Gasteiger partial charge in [-0.25, -0.2) is 4.68 Å². The fraction of sp³-hybridized carbons (Fsp3) is 0.400. The molecule has 8 heteroatoms. The lowest BCUT2D eigenvalue weighted by molar-refractivity contribution is -0.383. The van der Waals surface area contributed by atoms with Crippen LogP contribution in [0.15, 0.2) is 36.7 Å². The molecule has 1 aliphatic heterocycles. The number of rotatable bonds is 3. The number of benzene rings is 1. The van der Waals surface area contributed by atoms with Crippen molar-refractivity contribution in [1.82, 2.24) is 9.78 Å². The van der Waals surface area contributed by atoms with Crippen molar-refractivity contribution in [3.63, 3.8) is 0 Å². The van der Waals surface area contributed by atoms with Crippen molar-refractivity contribution in [2.45, 2.75) is 38.9 Å². The molecule has 2 heterocycles. The summed E-state index contributed by atoms with van der Waals surface area (Å²) < 4.78 is 13.6. The van der Waals surface area contributed by atoms with Gasteiger partial charge in [-0.2, -0.15) is 5.10 Å². The number of nitrogens with zero attached hydrogens (tertiary/aromatic N) is 3. The zero-order chi connectivity index (χ0) is 16.8. The minimum atomic E-state index is -0.795. The quantitative estimate of drug-likeness (QED) is 0.492. The van der Waals surface area contributed by atoms with Crippen LogP contribution < -0.4 is 5.46 Å². The van der Waals surface area contributed by atoms with Gasteiger partial charge >= 0.3 is 7.12 Å². The van der Waals surface area contributed by atoms with Crippen LogP contribution in [0.1, 0.15) is 27.7 Å². The summed E-state index contributed by atoms with van der Waals surface area (Å²) in [6, 6.07) is 6.58. The summed E-state index contributed by atoms with van der Waals surface area (Å²) in [5.74, 6) is 0. The van der Waals surface area contributed by atoms with E-state index in [-0.39, 0.29) is 5.69 Å². The Morgan fingerprint density at radius 2 is 1.87 bits per heavy atom. The standard InChI is InChI=1S/C15H18BN3O4/c1-14(2)15(3,4)23-16(22-14)12-10-11(18-9-5-8-17-18)6-7-13(12)19(20)21/h5-10H,1-4H3. The first kappa shape index (κ1) is 15.7. The second kappa shape index (κ2) is 5.18. The monoisotopic (exact) mass is 315 g/mol. The highest BCUT2D eigenvalue weighted by Crippen LogP contribution is 2.37. The molecule has 120 valence electrons. The van der Waals surface area contributed by atoms with Crippen LogP contribution in [0.4, 0.5) is 5.69 Å². The predicted molar refractivity (Wildman–Crippen MR) is 85.9 cm³/mol. The highest BCUT2D eigenvalue weighted by atomic mass is 16.7. The van der Waals surface area contributed by atoms with E-state index in [1.807, 2.05) is 27.7 Å². The molecular weight excluding hydrogens is 297 g/mol. The first-order chi connectivity index (χ1) is 10.7. The topological polar surface area (TPSA) is 79.4 Å². The molecule has 0 N–H and O–H groups in total. The van der Waals surface area contributed by atoms with Crippen LogP contribution in [-0.2, 0) is 9.31 Å². The molecule has 0 amide bonds. The Morgan fingerprint density at radius 1 is 1.22 bits per heavy atom. The third-order valence-corrected chi connectivity index (χ3v) is 4.48. The summed E-state index contributed by atoms with van der Waals surface area (Å²) in [5.41, 5.74) is -0.0492. The van der Waals surface area contributed by atoms with Gasteiger partial charge in [0.05, 0.1) is 27.3 Å². The first-order valence-electron chi connectivity index (χ1n) is 7.35. The van der Waals surface area contributed by atoms with Crippen molar-refractivity contribution < 1.29 is 14.2 Å². The van der Waals surface area contributed by atoms with Crippen LogP contribution in [0.2, 0.25) is 0 Å². The van der Waals surface area contributed by atoms with Crippen molar-refractivity contribution >= 4 is 18.3 Å². The molecule has 1 fully saturated rings. The van der Waals surface area contributed by atoms with Crippen LogP contribution in [0.5, 0.6) is 0 Å². The Labute approximate surface area is 134 Å². The largest absolute Gasteiger partial charge is 0.502 e. The van der Waals surface area contributed by atoms with Gasteiger partial charge in [0, 0.05) is 18.5 Å². The lowest BCUT2D eigenvalue weighted by Crippen LogP contribution is -2.41. The van der Waals surface area contributed by atoms with Crippen LogP contribution in [-0.4, -0.2) is 33.0 Å². The fourth-order valence-electron chi connectivity index (χ4n) is 2.43. The van der Waals surface area contributed by atoms with Crippen molar-refractivity contribution in [1.29, 1.82) is 0 Å². The minimum absolute atomic E-state index is 0.0283. The maximum absolute atomic E-state index is 11.4. The SMILES string of the molecule is CC1(C)OB(c2cc(-n3cccn3)ccc2[N+](=O)[O-])OC1(C)C. The molecule has 0 radical (unpaired) electrons. The van der Waals surface area contributed by atoms with Gasteiger partial charge in [-0.15, -0.1) is 0 Å². The number of hydrogen-bond acceptors (Lipinski definition) is 5. The molecule has 0 unspecified atom stereocenters. The Bertz CT molecular complexity index is 727. The van der Waals surface area contributed by atoms with Crippen molar-refractivity contribution in [2.75, 3.05) is 0 Å². The fourth-order valence-corrected chi connectivity index (χ4v) is 2.43. The summed E-state index contributed by atoms with van der Waals surface area (Å²) in [4.78, 5) is 10.9. The molecule has 0 atom stereocenters. The Kier molecular flexibility index (Phi) is 3.53. The Hall–Kier alpha value is -2.19. The van der Waals surface area contributed by atoms with E-state index in [0.717, 1.165) is 0 Å². The van der Waals surface area contributed by atoms with E-state index in [0.29, 0.717) is 11.2 Å². The highest BCUT2D eigenvalue weighted by Gasteiger charge is 2.53. The van der Waals surface area contributed by atoms with Crippen LogP contribution in [0.3, 0.4) is 0 Å². The zero-order valence-corrected chi connectivity index (χ0v) is 13.5. The van der Waals surface area contributed by atoms with E-state index in [1.54, 1.807) is 35.3 Å². The molecule has 23 heavy (non-hydrogen) atoms. The molecule has 0 spiro atoms. The van der Waals surface area contributed by atoms with Crippen LogP contribution in [0.25, 0.3) is 5.69 Å². The van der Waals surface area contributed by atoms with Crippen molar-refractivity contribution in [3.8, 4) is 5.69 Å². The second-order valence-electron chi connectivity index (χ2n) is 6.54. The molecule has 1 saturated heterocycles. The number of nitro benzene ring substituents is 1. The average molecular weight is 315 g/mol. The molecular formula is C15H18BN3O4. The molecule has 0 saturated carbocycles. The summed E-state index contributed by atoms with van der Waals surface area (Å²) in [5, 5.41) is 15.5. The maximum atomic E-state index is 11.4. The molecule has 2 aromatic rings. The van der Waals surface area contributed by atoms with Gasteiger partial charge in [-0.05, 0) is 45.9 Å². The van der Waals surface area contributed by atoms with E-state index in [4.69, 9.17) is 9.31 Å². The van der Waals surface area contributed by atoms with Crippen LogP contribution in [0, 0.1) is 10.1 Å². The van der Waals surface area contributed by atoms with Crippen molar-refractivity contribution in [2.24, 2.45) is 0 Å². The molecule has 1 aromatic heterocycles. The third kappa shape index (κ3) is 2.64. The van der Waals surface area contributed by atoms with E-state index in [9.17, 15) is 10.1 Å². The molecule has 7 nitrogen and oxygen atoms in total. The lowest BCUT2D eigenvalue weighted by atomic mass is 9.77. The van der Waals surface area contributed by atoms with E-state index in [2.05, 4.69) is 5.10 Å². The van der Waals surface area contributed by atoms with Gasteiger partial charge in [0.1, 0.15) is 0 Å². The Balaban J connectivity index is 2.07. The van der Waals surface area contributed by atoms with Gasteiger partial charge in [0.2, 0.25) is 0 Å². The predicted octanol–water partition coefficient (Wildman–Crippen LogP) is 2.08. The van der Waals surface area contributed by atoms with E-state index in [1.165, 1.54) is 6.07 Å². The van der Waals surface area contributed by atoms with Gasteiger partial charge in [-0.3, -0.25) is 10.1 Å². The zero-order valence-electron chi connectivity index (χ0n) is 13.5. The third-order valence-electron chi connectivity index (χ3n) is 4.48. The van der Waals surface area contributed by atoms with Gasteiger partial charge in [-0.1, -0.05) is 0 Å². The van der Waals surface area contributed by atoms with Crippen LogP contribution >= 0.6 is 0 Å². The van der Waals surface area contributed by atoms with E-state index < -0.39 is 23.2 Å². The Morgan fingerprint density at radius 3 is 2.39 bits per heavy atom. The van der Waals surface area contributed by atoms with Gasteiger partial charge in [0.25, 0.3) is 5.69 Å². The van der Waals surface area contributed by atoms with Crippen molar-refractivity contribution in [3.05, 3.63) is 46.8 Å². The molecule has 1 aromatic carbocycles. The smallest absolute Gasteiger partial charge is 0.399 e. The highest BCUT2D eigenvalue weighted by molar-refractivity contribution is 6.63. The lowest BCUT2D eigenvalue weighted by Gasteiger charge is -2.32. The van der Waals surface area contributed by atoms with Gasteiger partial charge < -0.3 is 9.31 Å². The number of aromatic nitrogens is 2. The van der Waals surface area contributed by atoms with Gasteiger partial charge in [0.15, 0.2) is 0 Å². The first-order valence-corrected chi connectivity index (χ1v) is 7.35. The molecule has 1 aliphatic rings. The summed E-state index contributed by atoms with van der Waals surface area (Å²) in [7, 11) is -0.795. The average Bonchev–Trinajstić information content (AvgIpc) is 3.05. The summed E-state index contributed by atoms with van der Waals surface area (Å²) in [6.07, 6.45) is 3.42. The molecule has 3 rings (SSSR count). The number of nitro groups is 1. The molecule has 0 aliphatic carbocycles. The normalized spacial score (nSPS) is 19.0. The molecule has 0 bridgehead atoms. The maximum Gasteiger partial charge on any atom is 0.502 e. The minimum Gasteiger partial charge on any atom is -0.399 e.